The molecule has 0 atom stereocenters. The van der Waals surface area contributed by atoms with E-state index in [0.29, 0.717) is 6.04 Å². The third-order valence-electron chi connectivity index (χ3n) is 6.02. The maximum Gasteiger partial charge on any atom is 0.227 e. The number of methoxy groups -OCH3 is 1. The zero-order valence-electron chi connectivity index (χ0n) is 17.8. The minimum absolute atomic E-state index is 0.484. The summed E-state index contributed by atoms with van der Waals surface area (Å²) in [5, 5.41) is 0. The number of anilines is 2. The van der Waals surface area contributed by atoms with Gasteiger partial charge in [0.2, 0.25) is 5.95 Å². The number of benzene rings is 1. The normalized spacial score (nSPS) is 18.4. The number of aromatic nitrogens is 2. The molecule has 0 radical (unpaired) electrons. The van der Waals surface area contributed by atoms with Crippen LogP contribution in [0, 0.1) is 0 Å². The summed E-state index contributed by atoms with van der Waals surface area (Å²) in [5.41, 5.74) is 1.23. The minimum atomic E-state index is 0.484. The molecule has 2 fully saturated rings. The fourth-order valence-corrected chi connectivity index (χ4v) is 4.62. The van der Waals surface area contributed by atoms with E-state index in [0.717, 1.165) is 80.8 Å². The number of hydrogen-bond donors (Lipinski definition) is 0. The molecule has 0 unspecified atom stereocenters. The van der Waals surface area contributed by atoms with Crippen molar-refractivity contribution in [3.05, 3.63) is 40.5 Å². The minimum Gasteiger partial charge on any atom is -0.496 e. The number of rotatable bonds is 6. The number of nitrogens with zero attached hydrogens (tertiary/aromatic N) is 5. The zero-order valence-corrected chi connectivity index (χ0v) is 19.3. The lowest BCUT2D eigenvalue weighted by molar-refractivity contribution is 0.122. The molecule has 4 rings (SSSR count). The molecule has 2 saturated heterocycles. The monoisotopic (exact) mass is 475 g/mol. The maximum atomic E-state index is 5.54. The second-order valence-electron chi connectivity index (χ2n) is 7.89. The number of morpholine rings is 1. The van der Waals surface area contributed by atoms with Gasteiger partial charge >= 0.3 is 0 Å². The van der Waals surface area contributed by atoms with Gasteiger partial charge in [-0.3, -0.25) is 4.90 Å². The van der Waals surface area contributed by atoms with E-state index in [1.807, 2.05) is 24.4 Å². The van der Waals surface area contributed by atoms with Gasteiger partial charge in [0.1, 0.15) is 11.6 Å². The van der Waals surface area contributed by atoms with Crippen molar-refractivity contribution < 1.29 is 9.47 Å². The van der Waals surface area contributed by atoms with Gasteiger partial charge in [0.25, 0.3) is 0 Å². The summed E-state index contributed by atoms with van der Waals surface area (Å²) >= 11 is 3.58. The van der Waals surface area contributed by atoms with Crippen molar-refractivity contribution >= 4 is 27.7 Å². The van der Waals surface area contributed by atoms with Gasteiger partial charge in [0.05, 0.1) is 20.3 Å². The molecular formula is C22H30BrN5O2. The second-order valence-corrected chi connectivity index (χ2v) is 8.80. The Labute approximate surface area is 187 Å². The molecule has 0 saturated carbocycles. The molecule has 2 aliphatic heterocycles. The Balaban J connectivity index is 1.35. The van der Waals surface area contributed by atoms with Crippen LogP contribution in [0.5, 0.6) is 5.75 Å². The molecule has 0 amide bonds. The summed E-state index contributed by atoms with van der Waals surface area (Å²) in [5.74, 6) is 2.76. The van der Waals surface area contributed by atoms with Crippen LogP contribution in [0.3, 0.4) is 0 Å². The van der Waals surface area contributed by atoms with E-state index in [2.05, 4.69) is 48.7 Å². The first-order valence-corrected chi connectivity index (χ1v) is 11.4. The molecule has 1 aromatic heterocycles. The molecule has 3 heterocycles. The molecule has 1 aromatic carbocycles. The SMILES string of the molecule is COc1ccc(Br)cc1CN1CCC(N(C)c2ccnc(N3CCOCC3)n2)CC1. The fraction of sp³-hybridized carbons (Fsp3) is 0.545. The lowest BCUT2D eigenvalue weighted by atomic mass is 10.0. The van der Waals surface area contributed by atoms with Crippen LogP contribution < -0.4 is 14.5 Å². The summed E-state index contributed by atoms with van der Waals surface area (Å²) in [7, 11) is 3.89. The molecule has 0 aliphatic carbocycles. The highest BCUT2D eigenvalue weighted by molar-refractivity contribution is 9.10. The smallest absolute Gasteiger partial charge is 0.227 e. The van der Waals surface area contributed by atoms with Gasteiger partial charge < -0.3 is 19.3 Å². The average Bonchev–Trinajstić information content (AvgIpc) is 2.80. The first-order valence-electron chi connectivity index (χ1n) is 10.6. The Kier molecular flexibility index (Phi) is 7.07. The molecule has 0 spiro atoms. The van der Waals surface area contributed by atoms with Gasteiger partial charge in [-0.1, -0.05) is 15.9 Å². The highest BCUT2D eigenvalue weighted by Gasteiger charge is 2.25. The van der Waals surface area contributed by atoms with E-state index in [1.54, 1.807) is 7.11 Å². The number of ether oxygens (including phenoxy) is 2. The highest BCUT2D eigenvalue weighted by Crippen LogP contribution is 2.27. The molecule has 0 N–H and O–H groups in total. The van der Waals surface area contributed by atoms with Crippen LogP contribution in [0.2, 0.25) is 0 Å². The molecule has 0 bridgehead atoms. The standard InChI is InChI=1S/C22H30BrN5O2/c1-26(21-5-8-24-22(25-21)28-11-13-30-14-12-28)19-6-9-27(10-7-19)16-17-15-18(23)3-4-20(17)29-2/h3-5,8,15,19H,6-7,9-14,16H2,1-2H3. The topological polar surface area (TPSA) is 54.0 Å². The van der Waals surface area contributed by atoms with Crippen molar-refractivity contribution in [1.29, 1.82) is 0 Å². The molecule has 8 heteroatoms. The van der Waals surface area contributed by atoms with Gasteiger partial charge in [0.15, 0.2) is 0 Å². The summed E-state index contributed by atoms with van der Waals surface area (Å²) < 4.78 is 12.1. The summed E-state index contributed by atoms with van der Waals surface area (Å²) in [6, 6.07) is 8.71. The Morgan fingerprint density at radius 3 is 2.67 bits per heavy atom. The van der Waals surface area contributed by atoms with Crippen molar-refractivity contribution in [2.24, 2.45) is 0 Å². The van der Waals surface area contributed by atoms with E-state index in [9.17, 15) is 0 Å². The molecule has 30 heavy (non-hydrogen) atoms. The van der Waals surface area contributed by atoms with E-state index < -0.39 is 0 Å². The third-order valence-corrected chi connectivity index (χ3v) is 6.52. The van der Waals surface area contributed by atoms with Crippen molar-refractivity contribution in [3.8, 4) is 5.75 Å². The molecule has 7 nitrogen and oxygen atoms in total. The summed E-state index contributed by atoms with van der Waals surface area (Å²) in [6.45, 7) is 6.22. The zero-order chi connectivity index (χ0) is 20.9. The average molecular weight is 476 g/mol. The van der Waals surface area contributed by atoms with Crippen LogP contribution >= 0.6 is 15.9 Å². The predicted molar refractivity (Wildman–Crippen MR) is 122 cm³/mol. The number of likely N-dealkylation sites (tertiary alicyclic amines) is 1. The van der Waals surface area contributed by atoms with Gasteiger partial charge in [0, 0.05) is 62.0 Å². The largest absolute Gasteiger partial charge is 0.496 e. The summed E-state index contributed by atoms with van der Waals surface area (Å²) in [4.78, 5) is 16.4. The molecule has 162 valence electrons. The lowest BCUT2D eigenvalue weighted by Crippen LogP contribution is -2.43. The van der Waals surface area contributed by atoms with Crippen LogP contribution in [0.15, 0.2) is 34.9 Å². The summed E-state index contributed by atoms with van der Waals surface area (Å²) in [6.07, 6.45) is 4.10. The quantitative estimate of drug-likeness (QED) is 0.635. The molecule has 2 aliphatic rings. The van der Waals surface area contributed by atoms with Crippen LogP contribution in [0.25, 0.3) is 0 Å². The Morgan fingerprint density at radius 2 is 1.93 bits per heavy atom. The van der Waals surface area contributed by atoms with Gasteiger partial charge in [-0.25, -0.2) is 4.98 Å². The molecule has 2 aromatic rings. The van der Waals surface area contributed by atoms with E-state index in [-0.39, 0.29) is 0 Å². The lowest BCUT2D eigenvalue weighted by Gasteiger charge is -2.37. The first-order chi connectivity index (χ1) is 14.6. The molecular weight excluding hydrogens is 446 g/mol. The number of halogens is 1. The van der Waals surface area contributed by atoms with Crippen molar-refractivity contribution in [2.75, 3.05) is 63.4 Å². The first kappa shape index (κ1) is 21.3. The van der Waals surface area contributed by atoms with Gasteiger partial charge in [-0.2, -0.15) is 4.98 Å². The van der Waals surface area contributed by atoms with Crippen LogP contribution in [-0.2, 0) is 11.3 Å². The van der Waals surface area contributed by atoms with Gasteiger partial charge in [-0.15, -0.1) is 0 Å². The van der Waals surface area contributed by atoms with Crippen LogP contribution in [0.4, 0.5) is 11.8 Å². The van der Waals surface area contributed by atoms with E-state index in [4.69, 9.17) is 14.5 Å². The Hall–Kier alpha value is -1.90. The predicted octanol–water partition coefficient (Wildman–Crippen LogP) is 3.19. The fourth-order valence-electron chi connectivity index (χ4n) is 4.21. The van der Waals surface area contributed by atoms with E-state index >= 15 is 0 Å². The number of hydrogen-bond acceptors (Lipinski definition) is 7. The second kappa shape index (κ2) is 9.94. The van der Waals surface area contributed by atoms with Crippen molar-refractivity contribution in [2.45, 2.75) is 25.4 Å². The van der Waals surface area contributed by atoms with Crippen LogP contribution in [-0.4, -0.2) is 74.5 Å². The number of piperidine rings is 1. The van der Waals surface area contributed by atoms with E-state index in [1.165, 1.54) is 5.56 Å². The third kappa shape index (κ3) is 5.04. The maximum absolute atomic E-state index is 5.54. The van der Waals surface area contributed by atoms with Crippen molar-refractivity contribution in [1.82, 2.24) is 14.9 Å². The highest BCUT2D eigenvalue weighted by atomic mass is 79.9. The Morgan fingerprint density at radius 1 is 1.17 bits per heavy atom. The Bertz CT molecular complexity index is 838. The van der Waals surface area contributed by atoms with Crippen molar-refractivity contribution in [3.63, 3.8) is 0 Å². The van der Waals surface area contributed by atoms with Gasteiger partial charge in [-0.05, 0) is 37.1 Å². The van der Waals surface area contributed by atoms with Crippen LogP contribution in [0.1, 0.15) is 18.4 Å².